The number of aromatic nitrogens is 3. The first kappa shape index (κ1) is 16.4. The van der Waals surface area contributed by atoms with Crippen LogP contribution in [0.2, 0.25) is 0 Å². The summed E-state index contributed by atoms with van der Waals surface area (Å²) in [7, 11) is 0. The van der Waals surface area contributed by atoms with Gasteiger partial charge in [0.15, 0.2) is 5.82 Å². The van der Waals surface area contributed by atoms with Gasteiger partial charge in [-0.3, -0.25) is 4.79 Å². The smallest absolute Gasteiger partial charge is 0.336 e. The topological polar surface area (TPSA) is 57.0 Å². The van der Waals surface area contributed by atoms with Gasteiger partial charge in [0.1, 0.15) is 0 Å². The lowest BCUT2D eigenvalue weighted by Crippen LogP contribution is -2.14. The third kappa shape index (κ3) is 3.54. The SMILES string of the molecule is Cc1ccc(-c2nc(OCC(C)C)nn2C(=O)c2cccs2)cc1. The van der Waals surface area contributed by atoms with Crippen LogP contribution in [0.1, 0.15) is 29.1 Å². The molecule has 124 valence electrons. The molecule has 3 rings (SSSR count). The average Bonchev–Trinajstić information content (AvgIpc) is 3.23. The Morgan fingerprint density at radius 3 is 2.62 bits per heavy atom. The van der Waals surface area contributed by atoms with Gasteiger partial charge in [0.2, 0.25) is 0 Å². The number of nitrogens with zero attached hydrogens (tertiary/aromatic N) is 3. The van der Waals surface area contributed by atoms with Crippen molar-refractivity contribution < 1.29 is 9.53 Å². The second-order valence-corrected chi connectivity index (χ2v) is 6.93. The van der Waals surface area contributed by atoms with Gasteiger partial charge in [-0.05, 0) is 24.3 Å². The highest BCUT2D eigenvalue weighted by Crippen LogP contribution is 2.23. The van der Waals surface area contributed by atoms with Crippen molar-refractivity contribution in [1.82, 2.24) is 14.8 Å². The van der Waals surface area contributed by atoms with E-state index in [-0.39, 0.29) is 11.9 Å². The number of ether oxygens (including phenoxy) is 1. The van der Waals surface area contributed by atoms with E-state index in [2.05, 4.69) is 23.9 Å². The number of carbonyl (C=O) groups excluding carboxylic acids is 1. The van der Waals surface area contributed by atoms with E-state index in [1.165, 1.54) is 16.0 Å². The Labute approximate surface area is 144 Å². The van der Waals surface area contributed by atoms with E-state index >= 15 is 0 Å². The third-order valence-electron chi connectivity index (χ3n) is 3.37. The molecule has 0 aliphatic carbocycles. The molecule has 5 nitrogen and oxygen atoms in total. The highest BCUT2D eigenvalue weighted by atomic mass is 32.1. The molecule has 24 heavy (non-hydrogen) atoms. The van der Waals surface area contributed by atoms with Crippen LogP contribution in [0.3, 0.4) is 0 Å². The van der Waals surface area contributed by atoms with Gasteiger partial charge in [-0.1, -0.05) is 49.7 Å². The first-order valence-corrected chi connectivity index (χ1v) is 8.67. The van der Waals surface area contributed by atoms with Crippen molar-refractivity contribution >= 4 is 17.2 Å². The summed E-state index contributed by atoms with van der Waals surface area (Å²) in [5.41, 5.74) is 1.98. The Morgan fingerprint density at radius 2 is 2.00 bits per heavy atom. The second-order valence-electron chi connectivity index (χ2n) is 5.98. The van der Waals surface area contributed by atoms with Crippen molar-refractivity contribution in [2.24, 2.45) is 5.92 Å². The van der Waals surface area contributed by atoms with Crippen LogP contribution in [0.4, 0.5) is 0 Å². The number of rotatable bonds is 5. The fourth-order valence-electron chi connectivity index (χ4n) is 2.13. The van der Waals surface area contributed by atoms with Gasteiger partial charge in [0.05, 0.1) is 11.5 Å². The van der Waals surface area contributed by atoms with Crippen LogP contribution in [0.5, 0.6) is 6.01 Å². The van der Waals surface area contributed by atoms with E-state index in [9.17, 15) is 4.79 Å². The minimum atomic E-state index is -0.201. The minimum absolute atomic E-state index is 0.201. The molecule has 0 fully saturated rings. The van der Waals surface area contributed by atoms with Crippen LogP contribution in [0, 0.1) is 12.8 Å². The van der Waals surface area contributed by atoms with Gasteiger partial charge in [-0.15, -0.1) is 16.4 Å². The molecule has 1 aromatic carbocycles. The average molecular weight is 341 g/mol. The van der Waals surface area contributed by atoms with Crippen LogP contribution < -0.4 is 4.74 Å². The van der Waals surface area contributed by atoms with Gasteiger partial charge in [-0.2, -0.15) is 9.67 Å². The predicted molar refractivity (Wildman–Crippen MR) is 94.6 cm³/mol. The molecule has 0 spiro atoms. The standard InChI is InChI=1S/C18H19N3O2S/c1-12(2)11-23-18-19-16(14-8-6-13(3)7-9-14)21(20-18)17(22)15-5-4-10-24-15/h4-10,12H,11H2,1-3H3. The summed E-state index contributed by atoms with van der Waals surface area (Å²) in [5, 5.41) is 6.14. The van der Waals surface area contributed by atoms with E-state index in [0.29, 0.717) is 23.2 Å². The fourth-order valence-corrected chi connectivity index (χ4v) is 2.78. The lowest BCUT2D eigenvalue weighted by Gasteiger charge is -2.03. The molecule has 0 saturated heterocycles. The first-order chi connectivity index (χ1) is 11.5. The van der Waals surface area contributed by atoms with Crippen LogP contribution in [0.25, 0.3) is 11.4 Å². The van der Waals surface area contributed by atoms with Crippen molar-refractivity contribution in [2.45, 2.75) is 20.8 Å². The Hall–Kier alpha value is -2.47. The molecule has 0 radical (unpaired) electrons. The van der Waals surface area contributed by atoms with E-state index in [1.807, 2.05) is 42.6 Å². The molecular formula is C18H19N3O2S. The summed E-state index contributed by atoms with van der Waals surface area (Å²) >= 11 is 1.38. The maximum atomic E-state index is 12.7. The molecule has 6 heteroatoms. The highest BCUT2D eigenvalue weighted by molar-refractivity contribution is 7.12. The summed E-state index contributed by atoms with van der Waals surface area (Å²) in [5.74, 6) is 0.646. The van der Waals surface area contributed by atoms with Crippen LogP contribution in [-0.2, 0) is 0 Å². The van der Waals surface area contributed by atoms with E-state index in [1.54, 1.807) is 6.07 Å². The van der Waals surface area contributed by atoms with Gasteiger partial charge in [-0.25, -0.2) is 0 Å². The lowest BCUT2D eigenvalue weighted by molar-refractivity contribution is 0.0948. The summed E-state index contributed by atoms with van der Waals surface area (Å²) in [6, 6.07) is 11.7. The van der Waals surface area contributed by atoms with Crippen molar-refractivity contribution in [1.29, 1.82) is 0 Å². The van der Waals surface area contributed by atoms with Gasteiger partial charge < -0.3 is 4.74 Å². The van der Waals surface area contributed by atoms with Gasteiger partial charge >= 0.3 is 6.01 Å². The summed E-state index contributed by atoms with van der Waals surface area (Å²) < 4.78 is 6.94. The molecule has 2 aromatic heterocycles. The van der Waals surface area contributed by atoms with Crippen molar-refractivity contribution in [3.8, 4) is 17.4 Å². The number of aryl methyl sites for hydroxylation is 1. The third-order valence-corrected chi connectivity index (χ3v) is 4.23. The molecule has 0 amide bonds. The zero-order valence-electron chi connectivity index (χ0n) is 13.9. The molecule has 0 N–H and O–H groups in total. The summed E-state index contributed by atoms with van der Waals surface area (Å²) in [6.45, 7) is 6.62. The molecule has 2 heterocycles. The predicted octanol–water partition coefficient (Wildman–Crippen LogP) is 4.04. The Kier molecular flexibility index (Phi) is 4.76. The van der Waals surface area contributed by atoms with Gasteiger partial charge in [0, 0.05) is 5.56 Å². The molecule has 0 saturated carbocycles. The fraction of sp³-hybridized carbons (Fsp3) is 0.278. The number of benzene rings is 1. The minimum Gasteiger partial charge on any atom is -0.462 e. The maximum Gasteiger partial charge on any atom is 0.336 e. The number of hydrogen-bond acceptors (Lipinski definition) is 5. The molecule has 0 aliphatic heterocycles. The lowest BCUT2D eigenvalue weighted by atomic mass is 10.1. The first-order valence-electron chi connectivity index (χ1n) is 7.79. The zero-order valence-corrected chi connectivity index (χ0v) is 14.7. The van der Waals surface area contributed by atoms with Gasteiger partial charge in [0.25, 0.3) is 5.91 Å². The number of thiophene rings is 1. The van der Waals surface area contributed by atoms with Crippen molar-refractivity contribution in [3.63, 3.8) is 0 Å². The Balaban J connectivity index is 2.01. The molecule has 0 bridgehead atoms. The quantitative estimate of drug-likeness (QED) is 0.703. The maximum absolute atomic E-state index is 12.7. The van der Waals surface area contributed by atoms with Crippen molar-refractivity contribution in [3.05, 3.63) is 52.2 Å². The zero-order chi connectivity index (χ0) is 17.1. The Bertz CT molecular complexity index is 821. The van der Waals surface area contributed by atoms with E-state index in [0.717, 1.165) is 11.1 Å². The molecule has 0 unspecified atom stereocenters. The summed E-state index contributed by atoms with van der Waals surface area (Å²) in [4.78, 5) is 17.8. The largest absolute Gasteiger partial charge is 0.462 e. The normalized spacial score (nSPS) is 11.0. The molecular weight excluding hydrogens is 322 g/mol. The van der Waals surface area contributed by atoms with E-state index in [4.69, 9.17) is 4.74 Å². The molecule has 0 aliphatic rings. The number of carbonyl (C=O) groups is 1. The van der Waals surface area contributed by atoms with Crippen molar-refractivity contribution in [2.75, 3.05) is 6.61 Å². The molecule has 0 atom stereocenters. The monoisotopic (exact) mass is 341 g/mol. The van der Waals surface area contributed by atoms with Crippen LogP contribution in [-0.4, -0.2) is 27.3 Å². The van der Waals surface area contributed by atoms with E-state index < -0.39 is 0 Å². The summed E-state index contributed by atoms with van der Waals surface area (Å²) in [6.07, 6.45) is 0. The Morgan fingerprint density at radius 1 is 1.25 bits per heavy atom. The second kappa shape index (κ2) is 6.97. The number of hydrogen-bond donors (Lipinski definition) is 0. The van der Waals surface area contributed by atoms with Crippen LogP contribution >= 0.6 is 11.3 Å². The molecule has 3 aromatic rings. The highest BCUT2D eigenvalue weighted by Gasteiger charge is 2.20. The van der Waals surface area contributed by atoms with Crippen LogP contribution in [0.15, 0.2) is 41.8 Å².